The van der Waals surface area contributed by atoms with Crippen molar-refractivity contribution in [1.29, 1.82) is 0 Å². The summed E-state index contributed by atoms with van der Waals surface area (Å²) in [6.45, 7) is 1.43. The van der Waals surface area contributed by atoms with Crippen molar-refractivity contribution in [1.82, 2.24) is 14.5 Å². The van der Waals surface area contributed by atoms with Gasteiger partial charge in [-0.05, 0) is 43.2 Å². The quantitative estimate of drug-likeness (QED) is 0.599. The van der Waals surface area contributed by atoms with E-state index in [-0.39, 0.29) is 11.4 Å². The van der Waals surface area contributed by atoms with E-state index in [9.17, 15) is 8.42 Å². The molecule has 0 aliphatic carbocycles. The molecule has 1 aliphatic heterocycles. The minimum absolute atomic E-state index is 0.286. The maximum Gasteiger partial charge on any atom is 0.247 e. The summed E-state index contributed by atoms with van der Waals surface area (Å²) in [5.41, 5.74) is 2.42. The predicted molar refractivity (Wildman–Crippen MR) is 120 cm³/mol. The van der Waals surface area contributed by atoms with Crippen LogP contribution in [0.4, 0.5) is 11.4 Å². The number of anilines is 2. The lowest BCUT2D eigenvalue weighted by Crippen LogP contribution is -2.35. The topological polar surface area (TPSA) is 91.6 Å². The van der Waals surface area contributed by atoms with Crippen LogP contribution in [-0.2, 0) is 16.6 Å². The van der Waals surface area contributed by atoms with Gasteiger partial charge in [-0.1, -0.05) is 24.6 Å². The number of nitrogens with one attached hydrogen (secondary N) is 1. The Morgan fingerprint density at radius 2 is 1.77 bits per heavy atom. The molecule has 164 valence electrons. The molecule has 1 N–H and O–H groups in total. The van der Waals surface area contributed by atoms with Crippen LogP contribution in [0.15, 0.2) is 57.8 Å². The van der Waals surface area contributed by atoms with Crippen molar-refractivity contribution in [2.75, 3.05) is 37.4 Å². The van der Waals surface area contributed by atoms with Crippen LogP contribution in [0, 0.1) is 0 Å². The molecule has 0 radical (unpaired) electrons. The van der Waals surface area contributed by atoms with Crippen LogP contribution in [0.3, 0.4) is 0 Å². The number of hydrogen-bond acceptors (Lipinski definition) is 7. The normalized spacial score (nSPS) is 15.0. The summed E-state index contributed by atoms with van der Waals surface area (Å²) < 4.78 is 33.5. The molecule has 1 aliphatic rings. The molecule has 1 fully saturated rings. The van der Waals surface area contributed by atoms with Gasteiger partial charge in [0.15, 0.2) is 0 Å². The van der Waals surface area contributed by atoms with E-state index < -0.39 is 10.0 Å². The van der Waals surface area contributed by atoms with E-state index in [1.54, 1.807) is 16.4 Å². The van der Waals surface area contributed by atoms with Gasteiger partial charge in [0.2, 0.25) is 21.8 Å². The van der Waals surface area contributed by atoms with E-state index in [4.69, 9.17) is 4.42 Å². The summed E-state index contributed by atoms with van der Waals surface area (Å²) in [6.07, 6.45) is 2.88. The molecule has 4 rings (SSSR count). The van der Waals surface area contributed by atoms with E-state index in [2.05, 4.69) is 15.5 Å². The van der Waals surface area contributed by atoms with Crippen LogP contribution >= 0.6 is 0 Å². The van der Waals surface area contributed by atoms with Gasteiger partial charge in [0.05, 0.1) is 22.8 Å². The van der Waals surface area contributed by atoms with Gasteiger partial charge < -0.3 is 14.6 Å². The fourth-order valence-corrected chi connectivity index (χ4v) is 5.20. The van der Waals surface area contributed by atoms with Gasteiger partial charge in [-0.2, -0.15) is 4.31 Å². The highest BCUT2D eigenvalue weighted by Crippen LogP contribution is 2.30. The number of rotatable bonds is 7. The van der Waals surface area contributed by atoms with Gasteiger partial charge in [-0.15, -0.1) is 10.2 Å². The largest absolute Gasteiger partial charge is 0.419 e. The summed E-state index contributed by atoms with van der Waals surface area (Å²) in [5.74, 6) is 0.875. The highest BCUT2D eigenvalue weighted by Gasteiger charge is 2.26. The summed E-state index contributed by atoms with van der Waals surface area (Å²) in [6, 6.07) is 14.7. The van der Waals surface area contributed by atoms with Crippen LogP contribution in [0.1, 0.15) is 25.2 Å². The fraction of sp³-hybridized carbons (Fsp3) is 0.364. The Labute approximate surface area is 182 Å². The van der Waals surface area contributed by atoms with Crippen LogP contribution < -0.4 is 10.2 Å². The molecule has 0 atom stereocenters. The zero-order valence-corrected chi connectivity index (χ0v) is 18.6. The lowest BCUT2D eigenvalue weighted by molar-refractivity contribution is 0.346. The lowest BCUT2D eigenvalue weighted by Gasteiger charge is -2.26. The Morgan fingerprint density at radius 1 is 1.03 bits per heavy atom. The summed E-state index contributed by atoms with van der Waals surface area (Å²) in [4.78, 5) is 2.22. The third-order valence-corrected chi connectivity index (χ3v) is 7.21. The summed E-state index contributed by atoms with van der Waals surface area (Å²) in [5, 5.41) is 11.5. The molecule has 0 bridgehead atoms. The van der Waals surface area contributed by atoms with Crippen LogP contribution in [0.2, 0.25) is 0 Å². The second-order valence-corrected chi connectivity index (χ2v) is 9.70. The zero-order valence-electron chi connectivity index (χ0n) is 17.8. The van der Waals surface area contributed by atoms with Crippen molar-refractivity contribution in [2.24, 2.45) is 0 Å². The molecular weight excluding hydrogens is 414 g/mol. The van der Waals surface area contributed by atoms with Crippen molar-refractivity contribution >= 4 is 21.4 Å². The molecule has 0 amide bonds. The summed E-state index contributed by atoms with van der Waals surface area (Å²) in [7, 11) is 0.314. The highest BCUT2D eigenvalue weighted by atomic mass is 32.2. The zero-order chi connectivity index (χ0) is 21.8. The minimum atomic E-state index is -3.52. The standard InChI is InChI=1S/C22H27N5O3S/c1-26(2)20-12-11-18(31(28,29)27-13-7-4-8-14-27)15-19(20)23-16-21-24-25-22(30-21)17-9-5-3-6-10-17/h3,5-6,9-12,15,23H,4,7-8,13-14,16H2,1-2H3. The third kappa shape index (κ3) is 4.72. The van der Waals surface area contributed by atoms with E-state index in [0.29, 0.717) is 30.6 Å². The molecule has 1 saturated heterocycles. The molecule has 1 aromatic heterocycles. The predicted octanol–water partition coefficient (Wildman–Crippen LogP) is 3.59. The van der Waals surface area contributed by atoms with E-state index in [1.807, 2.05) is 55.4 Å². The molecule has 3 aromatic rings. The number of sulfonamides is 1. The first kappa shape index (κ1) is 21.3. The highest BCUT2D eigenvalue weighted by molar-refractivity contribution is 7.89. The van der Waals surface area contributed by atoms with Gasteiger partial charge in [0, 0.05) is 32.7 Å². The molecule has 9 heteroatoms. The molecule has 0 spiro atoms. The lowest BCUT2D eigenvalue weighted by atomic mass is 10.2. The number of benzene rings is 2. The SMILES string of the molecule is CN(C)c1ccc(S(=O)(=O)N2CCCCC2)cc1NCc1nnc(-c2ccccc2)o1. The van der Waals surface area contributed by atoms with E-state index >= 15 is 0 Å². The van der Waals surface area contributed by atoms with Crippen molar-refractivity contribution in [3.8, 4) is 11.5 Å². The fourth-order valence-electron chi connectivity index (χ4n) is 3.65. The second kappa shape index (κ2) is 9.07. The maximum atomic E-state index is 13.1. The van der Waals surface area contributed by atoms with Crippen molar-refractivity contribution in [2.45, 2.75) is 30.7 Å². The first-order chi connectivity index (χ1) is 14.9. The first-order valence-electron chi connectivity index (χ1n) is 10.4. The minimum Gasteiger partial charge on any atom is -0.419 e. The van der Waals surface area contributed by atoms with Gasteiger partial charge in [0.1, 0.15) is 0 Å². The van der Waals surface area contributed by atoms with Gasteiger partial charge >= 0.3 is 0 Å². The Balaban J connectivity index is 1.56. The third-order valence-electron chi connectivity index (χ3n) is 5.32. The smallest absolute Gasteiger partial charge is 0.247 e. The van der Waals surface area contributed by atoms with Gasteiger partial charge in [0.25, 0.3) is 0 Å². The van der Waals surface area contributed by atoms with Crippen LogP contribution in [0.25, 0.3) is 11.5 Å². The maximum absolute atomic E-state index is 13.1. The van der Waals surface area contributed by atoms with Gasteiger partial charge in [-0.25, -0.2) is 8.42 Å². The Hall–Kier alpha value is -2.91. The van der Waals surface area contributed by atoms with Gasteiger partial charge in [-0.3, -0.25) is 0 Å². The molecule has 2 heterocycles. The van der Waals surface area contributed by atoms with Crippen molar-refractivity contribution in [3.05, 3.63) is 54.4 Å². The number of nitrogens with zero attached hydrogens (tertiary/aromatic N) is 4. The molecular formula is C22H27N5O3S. The number of hydrogen-bond donors (Lipinski definition) is 1. The van der Waals surface area contributed by atoms with Crippen molar-refractivity contribution in [3.63, 3.8) is 0 Å². The second-order valence-electron chi connectivity index (χ2n) is 7.76. The average Bonchev–Trinajstić information content (AvgIpc) is 3.28. The van der Waals surface area contributed by atoms with E-state index in [1.165, 1.54) is 0 Å². The number of piperidine rings is 1. The molecule has 0 unspecified atom stereocenters. The van der Waals surface area contributed by atoms with Crippen LogP contribution in [-0.4, -0.2) is 50.1 Å². The van der Waals surface area contributed by atoms with Crippen LogP contribution in [0.5, 0.6) is 0 Å². The number of aromatic nitrogens is 2. The molecule has 31 heavy (non-hydrogen) atoms. The Bertz CT molecular complexity index is 1120. The average molecular weight is 442 g/mol. The molecule has 8 nitrogen and oxygen atoms in total. The monoisotopic (exact) mass is 441 g/mol. The molecule has 0 saturated carbocycles. The first-order valence-corrected chi connectivity index (χ1v) is 11.8. The summed E-state index contributed by atoms with van der Waals surface area (Å²) >= 11 is 0. The molecule has 2 aromatic carbocycles. The van der Waals surface area contributed by atoms with E-state index in [0.717, 1.165) is 30.5 Å². The Morgan fingerprint density at radius 3 is 2.48 bits per heavy atom. The van der Waals surface area contributed by atoms with Crippen molar-refractivity contribution < 1.29 is 12.8 Å². The Kier molecular flexibility index (Phi) is 6.24.